The number of rotatable bonds is 1. The lowest BCUT2D eigenvalue weighted by molar-refractivity contribution is -0.123. The molecule has 18 heavy (non-hydrogen) atoms. The molecule has 1 amide bonds. The average Bonchev–Trinajstić information content (AvgIpc) is 2.27. The third-order valence-electron chi connectivity index (χ3n) is 2.65. The van der Waals surface area contributed by atoms with Crippen molar-refractivity contribution in [2.24, 2.45) is 5.41 Å². The summed E-state index contributed by atoms with van der Waals surface area (Å²) in [5.74, 6) is -0.0390. The second kappa shape index (κ2) is 4.58. The first-order chi connectivity index (χ1) is 8.38. The van der Waals surface area contributed by atoms with Crippen molar-refractivity contribution in [3.05, 3.63) is 35.6 Å². The third kappa shape index (κ3) is 2.62. The SMILES string of the molecule is CC(C)(C)C(=O)Nc1cc(Cl)cc2cnccc12. The van der Waals surface area contributed by atoms with Gasteiger partial charge >= 0.3 is 0 Å². The van der Waals surface area contributed by atoms with Gasteiger partial charge in [-0.3, -0.25) is 9.78 Å². The van der Waals surface area contributed by atoms with Crippen LogP contribution in [-0.4, -0.2) is 10.9 Å². The van der Waals surface area contributed by atoms with Crippen LogP contribution in [0.5, 0.6) is 0 Å². The Balaban J connectivity index is 2.48. The van der Waals surface area contributed by atoms with E-state index in [1.807, 2.05) is 32.9 Å². The van der Waals surface area contributed by atoms with Gasteiger partial charge in [0, 0.05) is 33.6 Å². The van der Waals surface area contributed by atoms with Crippen LogP contribution in [0.25, 0.3) is 10.8 Å². The Bertz CT molecular complexity index is 602. The average molecular weight is 263 g/mol. The van der Waals surface area contributed by atoms with Crippen LogP contribution >= 0.6 is 11.6 Å². The van der Waals surface area contributed by atoms with Crippen molar-refractivity contribution in [3.8, 4) is 0 Å². The Kier molecular flexibility index (Phi) is 3.26. The van der Waals surface area contributed by atoms with Crippen molar-refractivity contribution in [3.63, 3.8) is 0 Å². The van der Waals surface area contributed by atoms with E-state index in [4.69, 9.17) is 11.6 Å². The van der Waals surface area contributed by atoms with E-state index >= 15 is 0 Å². The lowest BCUT2D eigenvalue weighted by atomic mass is 9.95. The molecular formula is C14H15ClN2O. The number of carbonyl (C=O) groups is 1. The number of aromatic nitrogens is 1. The van der Waals surface area contributed by atoms with Crippen LogP contribution in [0.1, 0.15) is 20.8 Å². The van der Waals surface area contributed by atoms with E-state index in [1.165, 1.54) is 0 Å². The first-order valence-corrected chi connectivity index (χ1v) is 6.10. The molecular weight excluding hydrogens is 248 g/mol. The summed E-state index contributed by atoms with van der Waals surface area (Å²) < 4.78 is 0. The molecule has 0 bridgehead atoms. The number of hydrogen-bond acceptors (Lipinski definition) is 2. The predicted octanol–water partition coefficient (Wildman–Crippen LogP) is 3.87. The molecule has 1 heterocycles. The smallest absolute Gasteiger partial charge is 0.229 e. The zero-order valence-electron chi connectivity index (χ0n) is 10.6. The van der Waals surface area contributed by atoms with Gasteiger partial charge in [0.25, 0.3) is 0 Å². The number of nitrogens with zero attached hydrogens (tertiary/aromatic N) is 1. The Morgan fingerprint density at radius 2 is 2.06 bits per heavy atom. The zero-order valence-corrected chi connectivity index (χ0v) is 11.4. The number of halogens is 1. The van der Waals surface area contributed by atoms with Crippen LogP contribution in [0.3, 0.4) is 0 Å². The predicted molar refractivity (Wildman–Crippen MR) is 74.8 cm³/mol. The fourth-order valence-corrected chi connectivity index (χ4v) is 1.81. The first kappa shape index (κ1) is 12.8. The summed E-state index contributed by atoms with van der Waals surface area (Å²) in [5, 5.41) is 5.35. The van der Waals surface area contributed by atoms with Crippen molar-refractivity contribution < 1.29 is 4.79 Å². The molecule has 1 N–H and O–H groups in total. The maximum Gasteiger partial charge on any atom is 0.229 e. The summed E-state index contributed by atoms with van der Waals surface area (Å²) in [6.07, 6.45) is 3.43. The normalized spacial score (nSPS) is 11.6. The quantitative estimate of drug-likeness (QED) is 0.848. The van der Waals surface area contributed by atoms with Gasteiger partial charge in [0.2, 0.25) is 5.91 Å². The van der Waals surface area contributed by atoms with Crippen molar-refractivity contribution >= 4 is 34.0 Å². The zero-order chi connectivity index (χ0) is 13.3. The summed E-state index contributed by atoms with van der Waals surface area (Å²) in [7, 11) is 0. The molecule has 0 fully saturated rings. The van der Waals surface area contributed by atoms with Gasteiger partial charge in [-0.1, -0.05) is 32.4 Å². The summed E-state index contributed by atoms with van der Waals surface area (Å²) in [6.45, 7) is 5.61. The van der Waals surface area contributed by atoms with E-state index < -0.39 is 5.41 Å². The highest BCUT2D eigenvalue weighted by Gasteiger charge is 2.21. The van der Waals surface area contributed by atoms with Crippen LogP contribution in [0.15, 0.2) is 30.6 Å². The van der Waals surface area contributed by atoms with Gasteiger partial charge in [-0.2, -0.15) is 0 Å². The maximum absolute atomic E-state index is 12.0. The molecule has 0 saturated heterocycles. The lowest BCUT2D eigenvalue weighted by Crippen LogP contribution is -2.27. The molecule has 2 aromatic rings. The number of hydrogen-bond donors (Lipinski definition) is 1. The standard InChI is InChI=1S/C14H15ClN2O/c1-14(2,3)13(18)17-12-7-10(15)6-9-8-16-5-4-11(9)12/h4-8H,1-3H3,(H,17,18). The van der Waals surface area contributed by atoms with Gasteiger partial charge in [0.05, 0.1) is 5.69 Å². The summed E-state index contributed by atoms with van der Waals surface area (Å²) in [6, 6.07) is 5.45. The largest absolute Gasteiger partial charge is 0.325 e. The van der Waals surface area contributed by atoms with E-state index in [0.29, 0.717) is 5.02 Å². The van der Waals surface area contributed by atoms with Crippen LogP contribution in [0.4, 0.5) is 5.69 Å². The van der Waals surface area contributed by atoms with Gasteiger partial charge < -0.3 is 5.32 Å². The van der Waals surface area contributed by atoms with Crippen molar-refractivity contribution in [2.75, 3.05) is 5.32 Å². The van der Waals surface area contributed by atoms with Crippen molar-refractivity contribution in [2.45, 2.75) is 20.8 Å². The molecule has 0 radical (unpaired) electrons. The van der Waals surface area contributed by atoms with Crippen LogP contribution in [0.2, 0.25) is 5.02 Å². The third-order valence-corrected chi connectivity index (χ3v) is 2.87. The van der Waals surface area contributed by atoms with Gasteiger partial charge in [-0.05, 0) is 18.2 Å². The maximum atomic E-state index is 12.0. The number of fused-ring (bicyclic) bond motifs is 1. The Morgan fingerprint density at radius 1 is 1.33 bits per heavy atom. The number of carbonyl (C=O) groups excluding carboxylic acids is 1. The van der Waals surface area contributed by atoms with Crippen LogP contribution in [0, 0.1) is 5.41 Å². The highest BCUT2D eigenvalue weighted by atomic mass is 35.5. The van der Waals surface area contributed by atoms with E-state index in [0.717, 1.165) is 16.5 Å². The molecule has 94 valence electrons. The number of amides is 1. The number of nitrogens with one attached hydrogen (secondary N) is 1. The minimum absolute atomic E-state index is 0.0390. The number of benzene rings is 1. The topological polar surface area (TPSA) is 42.0 Å². The molecule has 0 atom stereocenters. The van der Waals surface area contributed by atoms with Gasteiger partial charge in [0.1, 0.15) is 0 Å². The van der Waals surface area contributed by atoms with Crippen LogP contribution in [-0.2, 0) is 4.79 Å². The van der Waals surface area contributed by atoms with Gasteiger partial charge in [-0.25, -0.2) is 0 Å². The Hall–Kier alpha value is -1.61. The molecule has 0 saturated carbocycles. The van der Waals surface area contributed by atoms with E-state index in [1.54, 1.807) is 18.5 Å². The molecule has 0 unspecified atom stereocenters. The second-order valence-corrected chi connectivity index (χ2v) is 5.69. The Labute approximate surface area is 111 Å². The molecule has 1 aromatic carbocycles. The second-order valence-electron chi connectivity index (χ2n) is 5.25. The Morgan fingerprint density at radius 3 is 2.72 bits per heavy atom. The van der Waals surface area contributed by atoms with E-state index in [9.17, 15) is 4.79 Å². The molecule has 2 rings (SSSR count). The number of pyridine rings is 1. The van der Waals surface area contributed by atoms with Crippen molar-refractivity contribution in [1.29, 1.82) is 0 Å². The van der Waals surface area contributed by atoms with Crippen molar-refractivity contribution in [1.82, 2.24) is 4.98 Å². The highest BCUT2D eigenvalue weighted by molar-refractivity contribution is 6.32. The fraction of sp³-hybridized carbons (Fsp3) is 0.286. The molecule has 0 spiro atoms. The lowest BCUT2D eigenvalue weighted by Gasteiger charge is -2.18. The summed E-state index contributed by atoms with van der Waals surface area (Å²) in [5.41, 5.74) is 0.279. The molecule has 0 aliphatic heterocycles. The monoisotopic (exact) mass is 262 g/mol. The summed E-state index contributed by atoms with van der Waals surface area (Å²) >= 11 is 6.04. The van der Waals surface area contributed by atoms with Gasteiger partial charge in [-0.15, -0.1) is 0 Å². The first-order valence-electron chi connectivity index (χ1n) is 5.72. The molecule has 4 heteroatoms. The van der Waals surface area contributed by atoms with E-state index in [-0.39, 0.29) is 5.91 Å². The van der Waals surface area contributed by atoms with E-state index in [2.05, 4.69) is 10.3 Å². The molecule has 0 aliphatic carbocycles. The summed E-state index contributed by atoms with van der Waals surface area (Å²) in [4.78, 5) is 16.1. The molecule has 3 nitrogen and oxygen atoms in total. The fourth-order valence-electron chi connectivity index (χ4n) is 1.59. The van der Waals surface area contributed by atoms with Crippen LogP contribution < -0.4 is 5.32 Å². The highest BCUT2D eigenvalue weighted by Crippen LogP contribution is 2.28. The van der Waals surface area contributed by atoms with Gasteiger partial charge in [0.15, 0.2) is 0 Å². The molecule has 0 aliphatic rings. The number of anilines is 1. The minimum Gasteiger partial charge on any atom is -0.325 e. The minimum atomic E-state index is -0.443. The molecule has 1 aromatic heterocycles.